The Morgan fingerprint density at radius 3 is 2.83 bits per heavy atom. The minimum atomic E-state index is -0.303. The standard InChI is InChI=1S/C16H16N6O/c1-11-7-14(16(23)20-13-8-18-10-19-15(13)17)22(21-11)9-12-5-3-2-4-6-12/h2-8,10H,9H2,1H3,(H,20,23)(H2,17,18,19). The Morgan fingerprint density at radius 2 is 2.09 bits per heavy atom. The number of nitrogens with zero attached hydrogens (tertiary/aromatic N) is 4. The van der Waals surface area contributed by atoms with Gasteiger partial charge < -0.3 is 11.1 Å². The number of nitrogens with one attached hydrogen (secondary N) is 1. The Labute approximate surface area is 133 Å². The van der Waals surface area contributed by atoms with E-state index in [4.69, 9.17) is 5.73 Å². The molecule has 0 fully saturated rings. The first kappa shape index (κ1) is 14.7. The van der Waals surface area contributed by atoms with E-state index in [1.807, 2.05) is 37.3 Å². The predicted octanol–water partition coefficient (Wildman–Crippen LogP) is 1.86. The normalized spacial score (nSPS) is 10.5. The summed E-state index contributed by atoms with van der Waals surface area (Å²) in [5.74, 6) is -0.0813. The van der Waals surface area contributed by atoms with Crippen molar-refractivity contribution in [2.24, 2.45) is 0 Å². The highest BCUT2D eigenvalue weighted by molar-refractivity contribution is 6.04. The summed E-state index contributed by atoms with van der Waals surface area (Å²) in [4.78, 5) is 20.2. The SMILES string of the molecule is Cc1cc(C(=O)Nc2cncnc2N)n(Cc2ccccc2)n1. The number of hydrogen-bond acceptors (Lipinski definition) is 5. The summed E-state index contributed by atoms with van der Waals surface area (Å²) < 4.78 is 1.67. The van der Waals surface area contributed by atoms with Crippen LogP contribution in [0.25, 0.3) is 0 Å². The summed E-state index contributed by atoms with van der Waals surface area (Å²) in [6.45, 7) is 2.36. The molecule has 7 nitrogen and oxygen atoms in total. The fourth-order valence-corrected chi connectivity index (χ4v) is 2.23. The average Bonchev–Trinajstić information content (AvgIpc) is 2.91. The second-order valence-electron chi connectivity index (χ2n) is 5.09. The maximum Gasteiger partial charge on any atom is 0.274 e. The molecule has 2 aromatic heterocycles. The summed E-state index contributed by atoms with van der Waals surface area (Å²) in [7, 11) is 0. The van der Waals surface area contributed by atoms with E-state index in [2.05, 4.69) is 20.4 Å². The molecule has 116 valence electrons. The van der Waals surface area contributed by atoms with Gasteiger partial charge in [-0.3, -0.25) is 9.48 Å². The summed E-state index contributed by atoms with van der Waals surface area (Å²) in [6.07, 6.45) is 2.79. The zero-order valence-electron chi connectivity index (χ0n) is 12.6. The molecule has 0 aliphatic heterocycles. The molecule has 1 amide bonds. The summed E-state index contributed by atoms with van der Waals surface area (Å²) in [6, 6.07) is 11.6. The van der Waals surface area contributed by atoms with Gasteiger partial charge in [0.05, 0.1) is 18.4 Å². The zero-order valence-corrected chi connectivity index (χ0v) is 12.6. The summed E-state index contributed by atoms with van der Waals surface area (Å²) >= 11 is 0. The molecule has 0 radical (unpaired) electrons. The van der Waals surface area contributed by atoms with Crippen LogP contribution >= 0.6 is 0 Å². The van der Waals surface area contributed by atoms with Crippen LogP contribution in [0.4, 0.5) is 11.5 Å². The number of anilines is 2. The van der Waals surface area contributed by atoms with Gasteiger partial charge >= 0.3 is 0 Å². The van der Waals surface area contributed by atoms with E-state index in [1.54, 1.807) is 10.7 Å². The maximum atomic E-state index is 12.5. The van der Waals surface area contributed by atoms with Crippen molar-refractivity contribution < 1.29 is 4.79 Å². The van der Waals surface area contributed by atoms with Crippen molar-refractivity contribution in [3.8, 4) is 0 Å². The lowest BCUT2D eigenvalue weighted by molar-refractivity contribution is 0.101. The van der Waals surface area contributed by atoms with Gasteiger partial charge in [-0.1, -0.05) is 30.3 Å². The maximum absolute atomic E-state index is 12.5. The first-order valence-corrected chi connectivity index (χ1v) is 7.08. The Kier molecular flexibility index (Phi) is 4.01. The number of nitrogen functional groups attached to an aromatic ring is 1. The number of amides is 1. The fourth-order valence-electron chi connectivity index (χ4n) is 2.23. The lowest BCUT2D eigenvalue weighted by atomic mass is 10.2. The van der Waals surface area contributed by atoms with E-state index >= 15 is 0 Å². The van der Waals surface area contributed by atoms with Gasteiger partial charge in [0.1, 0.15) is 17.7 Å². The quantitative estimate of drug-likeness (QED) is 0.766. The van der Waals surface area contributed by atoms with Gasteiger partial charge in [0.25, 0.3) is 5.91 Å². The molecule has 3 N–H and O–H groups in total. The molecule has 0 spiro atoms. The van der Waals surface area contributed by atoms with Crippen molar-refractivity contribution in [1.82, 2.24) is 19.7 Å². The molecule has 0 saturated carbocycles. The smallest absolute Gasteiger partial charge is 0.274 e. The third-order valence-corrected chi connectivity index (χ3v) is 3.30. The largest absolute Gasteiger partial charge is 0.382 e. The first-order valence-electron chi connectivity index (χ1n) is 7.08. The molecule has 0 saturated heterocycles. The van der Waals surface area contributed by atoms with Crippen LogP contribution in [0.1, 0.15) is 21.7 Å². The molecule has 0 aliphatic rings. The molecule has 0 aliphatic carbocycles. The van der Waals surface area contributed by atoms with E-state index in [0.29, 0.717) is 17.9 Å². The number of aromatic nitrogens is 4. The van der Waals surface area contributed by atoms with Crippen molar-refractivity contribution in [2.75, 3.05) is 11.1 Å². The van der Waals surface area contributed by atoms with E-state index < -0.39 is 0 Å². The van der Waals surface area contributed by atoms with Crippen molar-refractivity contribution in [2.45, 2.75) is 13.5 Å². The first-order chi connectivity index (χ1) is 11.1. The highest BCUT2D eigenvalue weighted by Gasteiger charge is 2.15. The summed E-state index contributed by atoms with van der Waals surface area (Å²) in [5, 5.41) is 7.10. The van der Waals surface area contributed by atoms with Crippen LogP contribution in [-0.4, -0.2) is 25.7 Å². The van der Waals surface area contributed by atoms with Gasteiger partial charge in [0.15, 0.2) is 5.82 Å². The Morgan fingerprint density at radius 1 is 1.30 bits per heavy atom. The lowest BCUT2D eigenvalue weighted by Crippen LogP contribution is -2.19. The molecule has 3 rings (SSSR count). The highest BCUT2D eigenvalue weighted by Crippen LogP contribution is 2.15. The van der Waals surface area contributed by atoms with Crippen LogP contribution in [0.2, 0.25) is 0 Å². The van der Waals surface area contributed by atoms with Crippen LogP contribution in [0.5, 0.6) is 0 Å². The molecular weight excluding hydrogens is 292 g/mol. The molecule has 0 bridgehead atoms. The number of hydrogen-bond donors (Lipinski definition) is 2. The minimum Gasteiger partial charge on any atom is -0.382 e. The van der Waals surface area contributed by atoms with Crippen molar-refractivity contribution >= 4 is 17.4 Å². The Bertz CT molecular complexity index is 828. The van der Waals surface area contributed by atoms with Crippen molar-refractivity contribution in [3.63, 3.8) is 0 Å². The third-order valence-electron chi connectivity index (χ3n) is 3.30. The topological polar surface area (TPSA) is 98.7 Å². The Balaban J connectivity index is 1.85. The second-order valence-corrected chi connectivity index (χ2v) is 5.09. The number of nitrogens with two attached hydrogens (primary N) is 1. The molecule has 1 aromatic carbocycles. The number of carbonyl (C=O) groups is 1. The molecule has 7 heteroatoms. The van der Waals surface area contributed by atoms with Crippen molar-refractivity contribution in [1.29, 1.82) is 0 Å². The second kappa shape index (κ2) is 6.27. The average molecular weight is 308 g/mol. The third kappa shape index (κ3) is 3.34. The molecule has 0 unspecified atom stereocenters. The van der Waals surface area contributed by atoms with Gasteiger partial charge in [-0.2, -0.15) is 5.10 Å². The van der Waals surface area contributed by atoms with E-state index in [9.17, 15) is 4.79 Å². The van der Waals surface area contributed by atoms with Crippen LogP contribution in [0, 0.1) is 6.92 Å². The van der Waals surface area contributed by atoms with Crippen LogP contribution < -0.4 is 11.1 Å². The van der Waals surface area contributed by atoms with Crippen LogP contribution in [0.3, 0.4) is 0 Å². The number of benzene rings is 1. The lowest BCUT2D eigenvalue weighted by Gasteiger charge is -2.09. The molecule has 23 heavy (non-hydrogen) atoms. The van der Waals surface area contributed by atoms with Gasteiger partial charge in [0, 0.05) is 0 Å². The zero-order chi connectivity index (χ0) is 16.2. The molecule has 0 atom stereocenters. The number of rotatable bonds is 4. The van der Waals surface area contributed by atoms with Gasteiger partial charge in [0.2, 0.25) is 0 Å². The highest BCUT2D eigenvalue weighted by atomic mass is 16.2. The van der Waals surface area contributed by atoms with Crippen molar-refractivity contribution in [3.05, 3.63) is 65.9 Å². The van der Waals surface area contributed by atoms with E-state index in [1.165, 1.54) is 12.5 Å². The van der Waals surface area contributed by atoms with E-state index in [0.717, 1.165) is 11.3 Å². The number of carbonyl (C=O) groups excluding carboxylic acids is 1. The number of aryl methyl sites for hydroxylation is 1. The predicted molar refractivity (Wildman–Crippen MR) is 86.9 cm³/mol. The van der Waals surface area contributed by atoms with Crippen LogP contribution in [0.15, 0.2) is 48.9 Å². The molecule has 3 aromatic rings. The Hall–Kier alpha value is -3.22. The minimum absolute atomic E-state index is 0.221. The van der Waals surface area contributed by atoms with Gasteiger partial charge in [-0.05, 0) is 18.6 Å². The van der Waals surface area contributed by atoms with Crippen LogP contribution in [-0.2, 0) is 6.54 Å². The van der Waals surface area contributed by atoms with Gasteiger partial charge in [-0.15, -0.1) is 0 Å². The molecular formula is C16H16N6O. The monoisotopic (exact) mass is 308 g/mol. The summed E-state index contributed by atoms with van der Waals surface area (Å²) in [5.41, 5.74) is 8.39. The van der Waals surface area contributed by atoms with E-state index in [-0.39, 0.29) is 11.7 Å². The van der Waals surface area contributed by atoms with Gasteiger partial charge in [-0.25, -0.2) is 9.97 Å². The fraction of sp³-hybridized carbons (Fsp3) is 0.125. The molecule has 2 heterocycles.